The van der Waals surface area contributed by atoms with Gasteiger partial charge in [-0.15, -0.1) is 0 Å². The number of benzene rings is 3. The summed E-state index contributed by atoms with van der Waals surface area (Å²) in [5.41, 5.74) is 3.79. The van der Waals surface area contributed by atoms with Crippen LogP contribution >= 0.6 is 15.9 Å². The van der Waals surface area contributed by atoms with Crippen LogP contribution in [-0.2, 0) is 4.79 Å². The molecule has 4 atom stereocenters. The van der Waals surface area contributed by atoms with E-state index in [0.29, 0.717) is 6.04 Å². The third kappa shape index (κ3) is 4.33. The highest BCUT2D eigenvalue weighted by molar-refractivity contribution is 9.10. The molecule has 1 saturated heterocycles. The smallest absolute Gasteiger partial charge is 0.128 e. The van der Waals surface area contributed by atoms with E-state index in [-0.39, 0.29) is 23.4 Å². The molecule has 33 heavy (non-hydrogen) atoms. The van der Waals surface area contributed by atoms with E-state index in [4.69, 9.17) is 0 Å². The topological polar surface area (TPSA) is 23.6 Å². The molecule has 1 heterocycles. The maximum Gasteiger partial charge on any atom is 0.128 e. The van der Waals surface area contributed by atoms with Gasteiger partial charge in [-0.25, -0.2) is 0 Å². The van der Waals surface area contributed by atoms with Gasteiger partial charge >= 0.3 is 0 Å². The normalized spacial score (nSPS) is 26.5. The van der Waals surface area contributed by atoms with Crippen LogP contribution in [0.4, 0.5) is 11.4 Å². The molecule has 0 aromatic heterocycles. The molecule has 1 aliphatic carbocycles. The first-order chi connectivity index (χ1) is 16.0. The lowest BCUT2D eigenvalue weighted by atomic mass is 9.63. The molecule has 2 fully saturated rings. The van der Waals surface area contributed by atoms with Gasteiger partial charge in [0.05, 0.1) is 0 Å². The Balaban J connectivity index is 1.70. The predicted molar refractivity (Wildman–Crippen MR) is 139 cm³/mol. The fourth-order valence-electron chi connectivity index (χ4n) is 6.02. The van der Waals surface area contributed by atoms with Gasteiger partial charge in [0.1, 0.15) is 12.5 Å². The van der Waals surface area contributed by atoms with E-state index < -0.39 is 0 Å². The molecule has 0 amide bonds. The van der Waals surface area contributed by atoms with Crippen LogP contribution in [0.1, 0.15) is 38.4 Å². The second kappa shape index (κ2) is 8.98. The summed E-state index contributed by atoms with van der Waals surface area (Å²) in [5.74, 6) is 0.332. The van der Waals surface area contributed by atoms with E-state index in [1.807, 2.05) is 0 Å². The number of aldehydes is 1. The first-order valence-electron chi connectivity index (χ1n) is 11.8. The molecule has 2 aliphatic rings. The van der Waals surface area contributed by atoms with Crippen LogP contribution in [0.2, 0.25) is 0 Å². The summed E-state index contributed by atoms with van der Waals surface area (Å²) in [6.07, 6.45) is 3.31. The van der Waals surface area contributed by atoms with E-state index in [1.54, 1.807) is 0 Å². The lowest BCUT2D eigenvalue weighted by Gasteiger charge is -2.59. The van der Waals surface area contributed by atoms with Crippen LogP contribution in [0.15, 0.2) is 89.4 Å². The number of halogens is 1. The van der Waals surface area contributed by atoms with Crippen molar-refractivity contribution in [1.29, 1.82) is 0 Å². The molecule has 0 bridgehead atoms. The minimum absolute atomic E-state index is 0.0530. The lowest BCUT2D eigenvalue weighted by Crippen LogP contribution is -2.62. The van der Waals surface area contributed by atoms with E-state index in [1.165, 1.54) is 23.2 Å². The van der Waals surface area contributed by atoms with Gasteiger partial charge in [0.15, 0.2) is 0 Å². The first-order valence-corrected chi connectivity index (χ1v) is 12.6. The molecule has 3 nitrogen and oxygen atoms in total. The van der Waals surface area contributed by atoms with Gasteiger partial charge in [-0.2, -0.15) is 0 Å². The van der Waals surface area contributed by atoms with Gasteiger partial charge in [0.2, 0.25) is 0 Å². The molecule has 0 N–H and O–H groups in total. The number of hydrogen-bond donors (Lipinski definition) is 0. The van der Waals surface area contributed by atoms with Crippen molar-refractivity contribution < 1.29 is 4.79 Å². The van der Waals surface area contributed by atoms with E-state index in [9.17, 15) is 4.79 Å². The van der Waals surface area contributed by atoms with Crippen LogP contribution < -0.4 is 9.80 Å². The van der Waals surface area contributed by atoms with Gasteiger partial charge in [-0.05, 0) is 60.2 Å². The van der Waals surface area contributed by atoms with Crippen LogP contribution in [0.3, 0.4) is 0 Å². The standard InChI is InChI=1S/C29H31BrN2O/c1-29(2)17-22(20-33)26-19-31(24-15-13-23(30)14-16-24)28(21-9-5-3-6-10-21)32(27(26)18-29)25-11-7-4-8-12-25/h3-16,20,22,26-28H,17-19H2,1-2H3. The zero-order valence-electron chi connectivity index (χ0n) is 19.3. The maximum absolute atomic E-state index is 12.3. The van der Waals surface area contributed by atoms with Gasteiger partial charge in [-0.3, -0.25) is 0 Å². The molecule has 1 aliphatic heterocycles. The van der Waals surface area contributed by atoms with Gasteiger partial charge < -0.3 is 14.6 Å². The van der Waals surface area contributed by atoms with E-state index in [0.717, 1.165) is 23.9 Å². The molecule has 5 rings (SSSR count). The molecule has 3 aromatic rings. The van der Waals surface area contributed by atoms with Crippen LogP contribution in [0.25, 0.3) is 0 Å². The molecule has 0 radical (unpaired) electrons. The van der Waals surface area contributed by atoms with Gasteiger partial charge in [0, 0.05) is 40.3 Å². The lowest BCUT2D eigenvalue weighted by molar-refractivity contribution is -0.115. The van der Waals surface area contributed by atoms with Crippen molar-refractivity contribution >= 4 is 33.6 Å². The Bertz CT molecular complexity index is 1080. The number of fused-ring (bicyclic) bond motifs is 1. The van der Waals surface area contributed by atoms with Crippen LogP contribution in [0, 0.1) is 17.3 Å². The quantitative estimate of drug-likeness (QED) is 0.355. The molecule has 0 spiro atoms. The van der Waals surface area contributed by atoms with E-state index in [2.05, 4.69) is 125 Å². The highest BCUT2D eigenvalue weighted by Crippen LogP contribution is 2.51. The van der Waals surface area contributed by atoms with Crippen molar-refractivity contribution in [2.45, 2.75) is 38.9 Å². The van der Waals surface area contributed by atoms with Crippen molar-refractivity contribution in [3.8, 4) is 0 Å². The monoisotopic (exact) mass is 502 g/mol. The zero-order chi connectivity index (χ0) is 23.0. The molecule has 4 unspecified atom stereocenters. The Morgan fingerprint density at radius 1 is 0.848 bits per heavy atom. The molecule has 4 heteroatoms. The van der Waals surface area contributed by atoms with Crippen molar-refractivity contribution in [2.75, 3.05) is 16.3 Å². The number of hydrogen-bond acceptors (Lipinski definition) is 3. The number of carbonyl (C=O) groups excluding carboxylic acids is 1. The summed E-state index contributed by atoms with van der Waals surface area (Å²) < 4.78 is 1.07. The SMILES string of the molecule is CC1(C)CC(C=O)C2CN(c3ccc(Br)cc3)C(c3ccccc3)N(c3ccccc3)C2C1. The zero-order valence-corrected chi connectivity index (χ0v) is 20.9. The first kappa shape index (κ1) is 22.2. The largest absolute Gasteiger partial charge is 0.347 e. The molecular weight excluding hydrogens is 472 g/mol. The summed E-state index contributed by atoms with van der Waals surface area (Å²) >= 11 is 3.59. The second-order valence-corrected chi connectivity index (χ2v) is 11.2. The molecule has 1 saturated carbocycles. The van der Waals surface area contributed by atoms with Gasteiger partial charge in [0.25, 0.3) is 0 Å². The Morgan fingerprint density at radius 2 is 1.48 bits per heavy atom. The number of nitrogens with zero attached hydrogens (tertiary/aromatic N) is 2. The van der Waals surface area contributed by atoms with Crippen LogP contribution in [-0.4, -0.2) is 18.9 Å². The third-order valence-corrected chi connectivity index (χ3v) is 7.93. The maximum atomic E-state index is 12.3. The van der Waals surface area contributed by atoms with E-state index >= 15 is 0 Å². The predicted octanol–water partition coefficient (Wildman–Crippen LogP) is 7.09. The summed E-state index contributed by atoms with van der Waals surface area (Å²) in [5, 5.41) is 0. The highest BCUT2D eigenvalue weighted by atomic mass is 79.9. The molecular formula is C29H31BrN2O. The van der Waals surface area contributed by atoms with Crippen molar-refractivity contribution in [2.24, 2.45) is 17.3 Å². The van der Waals surface area contributed by atoms with Crippen molar-refractivity contribution in [3.05, 3.63) is 95.0 Å². The van der Waals surface area contributed by atoms with Crippen LogP contribution in [0.5, 0.6) is 0 Å². The highest BCUT2D eigenvalue weighted by Gasteiger charge is 2.50. The summed E-state index contributed by atoms with van der Waals surface area (Å²) in [7, 11) is 0. The average molecular weight is 503 g/mol. The van der Waals surface area contributed by atoms with Crippen molar-refractivity contribution in [3.63, 3.8) is 0 Å². The van der Waals surface area contributed by atoms with Gasteiger partial charge in [-0.1, -0.05) is 78.3 Å². The number of rotatable bonds is 4. The second-order valence-electron chi connectivity index (χ2n) is 10.3. The summed E-state index contributed by atoms with van der Waals surface area (Å²) in [6, 6.07) is 30.4. The fraction of sp³-hybridized carbons (Fsp3) is 0.345. The summed E-state index contributed by atoms with van der Waals surface area (Å²) in [6.45, 7) is 5.51. The van der Waals surface area contributed by atoms with Crippen molar-refractivity contribution in [1.82, 2.24) is 0 Å². The number of carbonyl (C=O) groups is 1. The number of anilines is 2. The molecule has 3 aromatic carbocycles. The molecule has 170 valence electrons. The Labute approximate surface area is 205 Å². The Morgan fingerprint density at radius 3 is 2.12 bits per heavy atom. The minimum Gasteiger partial charge on any atom is -0.347 e. The fourth-order valence-corrected chi connectivity index (χ4v) is 6.29. The minimum atomic E-state index is 0.0530. The third-order valence-electron chi connectivity index (χ3n) is 7.40. The Kier molecular flexibility index (Phi) is 6.05. The Hall–Kier alpha value is -2.59. The average Bonchev–Trinajstić information content (AvgIpc) is 2.83. The summed E-state index contributed by atoms with van der Waals surface area (Å²) in [4.78, 5) is 17.4. The number of para-hydroxylation sites is 1.